The molecule has 0 unspecified atom stereocenters. The molecule has 0 bridgehead atoms. The summed E-state index contributed by atoms with van der Waals surface area (Å²) in [5.74, 6) is -1.27. The highest BCUT2D eigenvalue weighted by Crippen LogP contribution is 2.40. The number of carbonyl (C=O) groups is 4. The van der Waals surface area contributed by atoms with Gasteiger partial charge in [-0.05, 0) is 124 Å². The third kappa shape index (κ3) is 13.3. The quantitative estimate of drug-likeness (QED) is 0.0572. The van der Waals surface area contributed by atoms with Crippen molar-refractivity contribution in [3.8, 4) is 17.5 Å². The number of thiocarbonyl (C=S) groups is 1. The third-order valence-electron chi connectivity index (χ3n) is 12.3. The van der Waals surface area contributed by atoms with E-state index in [0.29, 0.717) is 37.7 Å². The first-order valence-electron chi connectivity index (χ1n) is 23.5. The molecule has 6 rings (SSSR count). The van der Waals surface area contributed by atoms with Crippen molar-refractivity contribution in [2.24, 2.45) is 5.41 Å². The van der Waals surface area contributed by atoms with Crippen molar-refractivity contribution in [1.29, 1.82) is 5.26 Å². The molecule has 4 amide bonds. The Kier molecular flexibility index (Phi) is 17.6. The van der Waals surface area contributed by atoms with Crippen LogP contribution < -0.4 is 25.2 Å². The topological polar surface area (TPSA) is 192 Å². The summed E-state index contributed by atoms with van der Waals surface area (Å²) in [4.78, 5) is 62.2. The fourth-order valence-corrected chi connectivity index (χ4v) is 8.94. The maximum atomic E-state index is 14.0. The molecule has 0 radical (unpaired) electrons. The molecule has 16 nitrogen and oxygen atoms in total. The summed E-state index contributed by atoms with van der Waals surface area (Å²) in [5, 5.41) is 25.6. The number of benzene rings is 3. The Morgan fingerprint density at radius 2 is 1.56 bits per heavy atom. The Morgan fingerprint density at radius 1 is 0.915 bits per heavy atom. The Balaban J connectivity index is 0.856. The molecule has 4 atom stereocenters. The van der Waals surface area contributed by atoms with Crippen molar-refractivity contribution in [3.05, 3.63) is 102 Å². The highest BCUT2D eigenvalue weighted by atomic mass is 32.1. The second kappa shape index (κ2) is 23.2. The van der Waals surface area contributed by atoms with Crippen molar-refractivity contribution < 1.29 is 51.7 Å². The standard InChI is InChI=1S/C51H61F3N8O8S/c1-33(34-11-14-36(15-12-34)59-22-21-56-32-59)57-45(65)42-28-39(63)30-60(42)46(66)44(49(2,3)4)58-43(64)31-69-25-10-24-68-23-8-7-9-26-70-40-19-17-37(18-20-40)62-48(71)61(47(67)50(62,5)6)38-16-13-35(29-55)41(27-38)51(52,53)54/h11-22,27,32-33,39,42,44,63H,7-10,23-26,28,30-31H2,1-6H3,(H,57,65)(H,58,64)/t33-,39+,42-,44+/m0/s1. The molecule has 3 heterocycles. The Morgan fingerprint density at radius 3 is 2.21 bits per heavy atom. The van der Waals surface area contributed by atoms with Gasteiger partial charge in [-0.1, -0.05) is 32.9 Å². The lowest BCUT2D eigenvalue weighted by Crippen LogP contribution is -2.58. The molecule has 0 saturated carbocycles. The molecular weight excluding hydrogens is 942 g/mol. The van der Waals surface area contributed by atoms with Gasteiger partial charge in [-0.15, -0.1) is 0 Å². The van der Waals surface area contributed by atoms with Gasteiger partial charge in [-0.3, -0.25) is 24.1 Å². The van der Waals surface area contributed by atoms with Crippen molar-refractivity contribution in [1.82, 2.24) is 25.1 Å². The second-order valence-electron chi connectivity index (χ2n) is 19.1. The molecule has 71 heavy (non-hydrogen) atoms. The van der Waals surface area contributed by atoms with E-state index in [9.17, 15) is 42.7 Å². The van der Waals surface area contributed by atoms with Crippen LogP contribution in [0.1, 0.15) is 96.4 Å². The molecule has 2 aliphatic rings. The molecular formula is C51H61F3N8O8S. The molecule has 3 aromatic carbocycles. The number of aliphatic hydroxyl groups is 1. The summed E-state index contributed by atoms with van der Waals surface area (Å²) in [5.41, 5.74) is -1.40. The van der Waals surface area contributed by atoms with Gasteiger partial charge in [0.1, 0.15) is 30.0 Å². The van der Waals surface area contributed by atoms with Gasteiger partial charge in [0.05, 0.1) is 48.0 Å². The van der Waals surface area contributed by atoms with Crippen LogP contribution in [-0.4, -0.2) is 112 Å². The average Bonchev–Trinajstić information content (AvgIpc) is 4.05. The number of rotatable bonds is 21. The Bertz CT molecular complexity index is 2550. The number of carbonyl (C=O) groups excluding carboxylic acids is 4. The SMILES string of the molecule is C[C@H](NC(=O)[C@@H]1C[C@@H](O)CN1C(=O)[C@@H](NC(=O)COCCCOCCCCCOc1ccc(N2C(=S)N(c3ccc(C#N)c(C(F)(F)F)c3)C(=O)C2(C)C)cc1)C(C)(C)C)c1ccc(-n2ccnc2)cc1. The van der Waals surface area contributed by atoms with Crippen LogP contribution in [0.5, 0.6) is 5.75 Å². The number of imidazole rings is 1. The summed E-state index contributed by atoms with van der Waals surface area (Å²) in [6.07, 6.45) is 2.52. The predicted octanol–water partition coefficient (Wildman–Crippen LogP) is 7.02. The van der Waals surface area contributed by atoms with Gasteiger partial charge >= 0.3 is 6.18 Å². The second-order valence-corrected chi connectivity index (χ2v) is 19.5. The number of hydrogen-bond acceptors (Lipinski definition) is 11. The minimum atomic E-state index is -4.80. The number of anilines is 2. The van der Waals surface area contributed by atoms with Crippen LogP contribution in [0.3, 0.4) is 0 Å². The van der Waals surface area contributed by atoms with Crippen LogP contribution in [0.25, 0.3) is 5.69 Å². The van der Waals surface area contributed by atoms with Gasteiger partial charge in [0.15, 0.2) is 5.11 Å². The van der Waals surface area contributed by atoms with E-state index in [2.05, 4.69) is 15.6 Å². The summed E-state index contributed by atoms with van der Waals surface area (Å²) < 4.78 is 60.2. The number of nitrogens with zero attached hydrogens (tertiary/aromatic N) is 6. The first kappa shape index (κ1) is 53.9. The van der Waals surface area contributed by atoms with Crippen LogP contribution in [0.2, 0.25) is 0 Å². The number of nitriles is 1. The molecule has 3 N–H and O–H groups in total. The average molecular weight is 1000 g/mol. The maximum Gasteiger partial charge on any atom is 0.417 e. The number of amides is 4. The molecule has 4 aromatic rings. The molecule has 0 aliphatic carbocycles. The van der Waals surface area contributed by atoms with Crippen molar-refractivity contribution in [2.75, 3.05) is 49.4 Å². The lowest BCUT2D eigenvalue weighted by molar-refractivity contribution is -0.144. The molecule has 2 saturated heterocycles. The van der Waals surface area contributed by atoms with Crippen LogP contribution in [0.4, 0.5) is 24.5 Å². The number of β-amino-alcohol motifs (C(OH)–C–C–N with tert-alkyl or cyclic N) is 1. The first-order chi connectivity index (χ1) is 33.6. The molecule has 20 heteroatoms. The number of likely N-dealkylation sites (tertiary alicyclic amines) is 1. The van der Waals surface area contributed by atoms with E-state index in [0.717, 1.165) is 47.5 Å². The first-order valence-corrected chi connectivity index (χ1v) is 23.9. The number of nitrogens with one attached hydrogen (secondary N) is 2. The number of unbranched alkanes of at least 4 members (excludes halogenated alkanes) is 2. The van der Waals surface area contributed by atoms with Gasteiger partial charge in [-0.2, -0.15) is 18.4 Å². The molecule has 1 aromatic heterocycles. The van der Waals surface area contributed by atoms with E-state index in [-0.39, 0.29) is 43.0 Å². The molecule has 0 spiro atoms. The molecule has 2 aliphatic heterocycles. The predicted molar refractivity (Wildman–Crippen MR) is 262 cm³/mol. The number of ether oxygens (including phenoxy) is 3. The number of alkyl halides is 3. The number of halogens is 3. The summed E-state index contributed by atoms with van der Waals surface area (Å²) in [6, 6.07) is 16.9. The summed E-state index contributed by atoms with van der Waals surface area (Å²) in [6.45, 7) is 11.9. The fourth-order valence-electron chi connectivity index (χ4n) is 8.42. The fraction of sp³-hybridized carbons (Fsp3) is 0.471. The minimum absolute atomic E-state index is 0.0000679. The van der Waals surface area contributed by atoms with Crippen LogP contribution >= 0.6 is 12.2 Å². The van der Waals surface area contributed by atoms with E-state index in [1.165, 1.54) is 11.0 Å². The van der Waals surface area contributed by atoms with Crippen molar-refractivity contribution >= 4 is 52.3 Å². The van der Waals surface area contributed by atoms with Crippen LogP contribution in [0.15, 0.2) is 85.5 Å². The van der Waals surface area contributed by atoms with E-state index in [1.54, 1.807) is 61.6 Å². The smallest absolute Gasteiger partial charge is 0.417 e. The van der Waals surface area contributed by atoms with E-state index in [1.807, 2.05) is 62.7 Å². The molecule has 380 valence electrons. The van der Waals surface area contributed by atoms with E-state index < -0.39 is 70.1 Å². The zero-order valence-electron chi connectivity index (χ0n) is 40.7. The lowest BCUT2D eigenvalue weighted by atomic mass is 9.85. The highest BCUT2D eigenvalue weighted by Gasteiger charge is 2.51. The van der Waals surface area contributed by atoms with Gasteiger partial charge in [0.2, 0.25) is 17.7 Å². The van der Waals surface area contributed by atoms with Gasteiger partial charge in [-0.25, -0.2) is 4.98 Å². The lowest BCUT2D eigenvalue weighted by Gasteiger charge is -2.35. The van der Waals surface area contributed by atoms with Gasteiger partial charge < -0.3 is 44.3 Å². The van der Waals surface area contributed by atoms with Crippen molar-refractivity contribution in [2.45, 2.75) is 110 Å². The highest BCUT2D eigenvalue weighted by molar-refractivity contribution is 7.81. The van der Waals surface area contributed by atoms with Crippen LogP contribution in [-0.2, 0) is 34.8 Å². The summed E-state index contributed by atoms with van der Waals surface area (Å²) in [7, 11) is 0. The Labute approximate surface area is 417 Å². The van der Waals surface area contributed by atoms with E-state index in [4.69, 9.17) is 26.4 Å². The zero-order valence-corrected chi connectivity index (χ0v) is 41.5. The van der Waals surface area contributed by atoms with Gasteiger partial charge in [0, 0.05) is 56.6 Å². The zero-order chi connectivity index (χ0) is 51.7. The number of hydrogen-bond donors (Lipinski definition) is 3. The number of aromatic nitrogens is 2. The van der Waals surface area contributed by atoms with Gasteiger partial charge in [0.25, 0.3) is 5.91 Å². The summed E-state index contributed by atoms with van der Waals surface area (Å²) >= 11 is 5.62. The van der Waals surface area contributed by atoms with Crippen LogP contribution in [0, 0.1) is 16.7 Å². The number of aliphatic hydroxyl groups excluding tert-OH is 1. The van der Waals surface area contributed by atoms with Crippen molar-refractivity contribution in [3.63, 3.8) is 0 Å². The minimum Gasteiger partial charge on any atom is -0.494 e. The molecule has 2 fully saturated rings. The maximum absolute atomic E-state index is 14.0. The Hall–Kier alpha value is -6.40. The third-order valence-corrected chi connectivity index (χ3v) is 12.7. The largest absolute Gasteiger partial charge is 0.494 e. The van der Waals surface area contributed by atoms with E-state index >= 15 is 0 Å². The monoisotopic (exact) mass is 1000 g/mol. The normalized spacial score (nSPS) is 17.8.